The van der Waals surface area contributed by atoms with Gasteiger partial charge in [-0.1, -0.05) is 12.1 Å². The smallest absolute Gasteiger partial charge is 0.243 e. The van der Waals surface area contributed by atoms with Gasteiger partial charge in [0.05, 0.1) is 20.6 Å². The molecule has 2 amide bonds. The summed E-state index contributed by atoms with van der Waals surface area (Å²) < 4.78 is 10.5. The van der Waals surface area contributed by atoms with Crippen molar-refractivity contribution in [3.8, 4) is 11.5 Å². The van der Waals surface area contributed by atoms with Crippen LogP contribution in [0.5, 0.6) is 11.5 Å². The van der Waals surface area contributed by atoms with Crippen molar-refractivity contribution in [1.82, 2.24) is 10.2 Å². The van der Waals surface area contributed by atoms with Gasteiger partial charge in [-0.3, -0.25) is 9.59 Å². The monoisotopic (exact) mass is 388 g/mol. The standard InChI is InChI=1S/C20H24N2O4S/c1-25-17-8-7-14(11-18(17)26-2)13-21-20(24)16-6-3-9-22(16)19(23)12-15-5-4-10-27-15/h4-5,7-8,10-11,16H,3,6,9,12-13H2,1-2H3,(H,21,24). The van der Waals surface area contributed by atoms with Gasteiger partial charge >= 0.3 is 0 Å². The summed E-state index contributed by atoms with van der Waals surface area (Å²) in [6.45, 7) is 1.02. The Labute approximate surface area is 163 Å². The van der Waals surface area contributed by atoms with E-state index in [0.717, 1.165) is 16.9 Å². The summed E-state index contributed by atoms with van der Waals surface area (Å²) in [5.41, 5.74) is 0.912. The number of hydrogen-bond acceptors (Lipinski definition) is 5. The zero-order valence-corrected chi connectivity index (χ0v) is 16.4. The van der Waals surface area contributed by atoms with Gasteiger partial charge in [-0.05, 0) is 42.0 Å². The molecule has 0 aliphatic carbocycles. The first kappa shape index (κ1) is 19.2. The number of likely N-dealkylation sites (tertiary alicyclic amines) is 1. The number of ether oxygens (including phenoxy) is 2. The largest absolute Gasteiger partial charge is 0.493 e. The number of carbonyl (C=O) groups is 2. The summed E-state index contributed by atoms with van der Waals surface area (Å²) in [6, 6.07) is 9.03. The van der Waals surface area contributed by atoms with Crippen LogP contribution in [-0.2, 0) is 22.6 Å². The number of amides is 2. The van der Waals surface area contributed by atoms with E-state index in [4.69, 9.17) is 9.47 Å². The van der Waals surface area contributed by atoms with Crippen molar-refractivity contribution in [1.29, 1.82) is 0 Å². The van der Waals surface area contributed by atoms with Gasteiger partial charge in [0, 0.05) is 18.0 Å². The summed E-state index contributed by atoms with van der Waals surface area (Å²) in [4.78, 5) is 28.0. The Hall–Kier alpha value is -2.54. The fraction of sp³-hybridized carbons (Fsp3) is 0.400. The maximum atomic E-state index is 12.7. The molecule has 1 aliphatic rings. The lowest BCUT2D eigenvalue weighted by Gasteiger charge is -2.24. The molecule has 27 heavy (non-hydrogen) atoms. The summed E-state index contributed by atoms with van der Waals surface area (Å²) in [6.07, 6.45) is 1.91. The molecule has 1 saturated heterocycles. The highest BCUT2D eigenvalue weighted by molar-refractivity contribution is 7.10. The van der Waals surface area contributed by atoms with Gasteiger partial charge in [0.25, 0.3) is 0 Å². The van der Waals surface area contributed by atoms with E-state index in [1.54, 1.807) is 30.5 Å². The molecular formula is C20H24N2O4S. The molecule has 0 spiro atoms. The van der Waals surface area contributed by atoms with E-state index in [1.807, 2.05) is 35.7 Å². The van der Waals surface area contributed by atoms with E-state index in [-0.39, 0.29) is 11.8 Å². The Morgan fingerprint density at radius 1 is 1.22 bits per heavy atom. The molecule has 1 fully saturated rings. The predicted octanol–water partition coefficient (Wildman–Crippen LogP) is 2.62. The quantitative estimate of drug-likeness (QED) is 0.792. The highest BCUT2D eigenvalue weighted by Gasteiger charge is 2.33. The predicted molar refractivity (Wildman–Crippen MR) is 104 cm³/mol. The Kier molecular flexibility index (Phi) is 6.34. The van der Waals surface area contributed by atoms with Crippen molar-refractivity contribution in [2.75, 3.05) is 20.8 Å². The molecule has 1 unspecified atom stereocenters. The summed E-state index contributed by atoms with van der Waals surface area (Å²) in [7, 11) is 3.16. The summed E-state index contributed by atoms with van der Waals surface area (Å²) in [5.74, 6) is 1.18. The number of nitrogens with zero attached hydrogens (tertiary/aromatic N) is 1. The molecule has 1 atom stereocenters. The van der Waals surface area contributed by atoms with E-state index in [2.05, 4.69) is 5.32 Å². The van der Waals surface area contributed by atoms with Crippen LogP contribution in [-0.4, -0.2) is 43.5 Å². The van der Waals surface area contributed by atoms with Crippen molar-refractivity contribution in [2.45, 2.75) is 31.8 Å². The highest BCUT2D eigenvalue weighted by Crippen LogP contribution is 2.27. The van der Waals surface area contributed by atoms with Gasteiger partial charge in [-0.25, -0.2) is 0 Å². The molecule has 3 rings (SSSR count). The fourth-order valence-corrected chi connectivity index (χ4v) is 4.00. The zero-order chi connectivity index (χ0) is 19.2. The van der Waals surface area contributed by atoms with Crippen LogP contribution in [0.25, 0.3) is 0 Å². The lowest BCUT2D eigenvalue weighted by Crippen LogP contribution is -2.46. The minimum absolute atomic E-state index is 0.0150. The van der Waals surface area contributed by atoms with Crippen LogP contribution in [0.2, 0.25) is 0 Å². The molecule has 2 heterocycles. The number of carbonyl (C=O) groups excluding carboxylic acids is 2. The molecule has 1 aromatic heterocycles. The van der Waals surface area contributed by atoms with Crippen LogP contribution >= 0.6 is 11.3 Å². The molecule has 2 aromatic rings. The normalized spacial score (nSPS) is 16.2. The Morgan fingerprint density at radius 3 is 2.74 bits per heavy atom. The molecule has 0 bridgehead atoms. The lowest BCUT2D eigenvalue weighted by atomic mass is 10.1. The Bertz CT molecular complexity index is 791. The van der Waals surface area contributed by atoms with Crippen LogP contribution < -0.4 is 14.8 Å². The summed E-state index contributed by atoms with van der Waals surface area (Å²) in [5, 5.41) is 4.91. The third-order valence-corrected chi connectivity index (χ3v) is 5.57. The first-order chi connectivity index (χ1) is 13.1. The molecule has 1 N–H and O–H groups in total. The third kappa shape index (κ3) is 4.60. The van der Waals surface area contributed by atoms with E-state index in [0.29, 0.717) is 37.4 Å². The van der Waals surface area contributed by atoms with Gasteiger partial charge in [-0.15, -0.1) is 11.3 Å². The van der Waals surface area contributed by atoms with Gasteiger partial charge in [-0.2, -0.15) is 0 Å². The maximum Gasteiger partial charge on any atom is 0.243 e. The van der Waals surface area contributed by atoms with Crippen molar-refractivity contribution in [3.05, 3.63) is 46.2 Å². The van der Waals surface area contributed by atoms with Crippen LogP contribution in [0, 0.1) is 0 Å². The second kappa shape index (κ2) is 8.90. The molecule has 0 radical (unpaired) electrons. The van der Waals surface area contributed by atoms with Crippen LogP contribution in [0.4, 0.5) is 0 Å². The number of hydrogen-bond donors (Lipinski definition) is 1. The van der Waals surface area contributed by atoms with Gasteiger partial charge in [0.15, 0.2) is 11.5 Å². The molecular weight excluding hydrogens is 364 g/mol. The van der Waals surface area contributed by atoms with Gasteiger partial charge < -0.3 is 19.7 Å². The molecule has 0 saturated carbocycles. The average molecular weight is 388 g/mol. The fourth-order valence-electron chi connectivity index (χ4n) is 3.30. The minimum Gasteiger partial charge on any atom is -0.493 e. The first-order valence-corrected chi connectivity index (χ1v) is 9.81. The highest BCUT2D eigenvalue weighted by atomic mass is 32.1. The van der Waals surface area contributed by atoms with Crippen molar-refractivity contribution < 1.29 is 19.1 Å². The Balaban J connectivity index is 1.59. The number of benzene rings is 1. The summed E-state index contributed by atoms with van der Waals surface area (Å²) >= 11 is 1.56. The van der Waals surface area contributed by atoms with Crippen molar-refractivity contribution in [2.24, 2.45) is 0 Å². The van der Waals surface area contributed by atoms with E-state index in [9.17, 15) is 9.59 Å². The van der Waals surface area contributed by atoms with Crippen LogP contribution in [0.15, 0.2) is 35.7 Å². The van der Waals surface area contributed by atoms with E-state index >= 15 is 0 Å². The van der Waals surface area contributed by atoms with Crippen molar-refractivity contribution >= 4 is 23.2 Å². The number of rotatable bonds is 7. The Morgan fingerprint density at radius 2 is 2.04 bits per heavy atom. The second-order valence-corrected chi connectivity index (χ2v) is 7.44. The topological polar surface area (TPSA) is 67.9 Å². The second-order valence-electron chi connectivity index (χ2n) is 6.41. The molecule has 144 valence electrons. The van der Waals surface area contributed by atoms with Gasteiger partial charge in [0.1, 0.15) is 6.04 Å². The number of thiophene rings is 1. The van der Waals surface area contributed by atoms with Gasteiger partial charge in [0.2, 0.25) is 11.8 Å². The first-order valence-electron chi connectivity index (χ1n) is 8.93. The van der Waals surface area contributed by atoms with Crippen LogP contribution in [0.1, 0.15) is 23.3 Å². The maximum absolute atomic E-state index is 12.7. The average Bonchev–Trinajstić information content (AvgIpc) is 3.37. The zero-order valence-electron chi connectivity index (χ0n) is 15.6. The molecule has 1 aliphatic heterocycles. The van der Waals surface area contributed by atoms with Crippen LogP contribution in [0.3, 0.4) is 0 Å². The molecule has 6 nitrogen and oxygen atoms in total. The SMILES string of the molecule is COc1ccc(CNC(=O)C2CCCN2C(=O)Cc2cccs2)cc1OC. The molecule has 7 heteroatoms. The van der Waals surface area contributed by atoms with Crippen molar-refractivity contribution in [3.63, 3.8) is 0 Å². The lowest BCUT2D eigenvalue weighted by molar-refractivity contribution is -0.138. The number of nitrogens with one attached hydrogen (secondary N) is 1. The number of methoxy groups -OCH3 is 2. The third-order valence-electron chi connectivity index (χ3n) is 4.70. The van der Waals surface area contributed by atoms with E-state index < -0.39 is 6.04 Å². The minimum atomic E-state index is -0.391. The molecule has 1 aromatic carbocycles. The van der Waals surface area contributed by atoms with E-state index in [1.165, 1.54) is 0 Å².